The molecule has 0 bridgehead atoms. The van der Waals surface area contributed by atoms with Gasteiger partial charge in [0, 0.05) is 19.4 Å². The van der Waals surface area contributed by atoms with Crippen LogP contribution in [0.3, 0.4) is 0 Å². The third-order valence-corrected chi connectivity index (χ3v) is 4.94. The Morgan fingerprint density at radius 3 is 2.59 bits per heavy atom. The highest BCUT2D eigenvalue weighted by atomic mass is 35.5. The number of hydrogen-bond donors (Lipinski definition) is 3. The summed E-state index contributed by atoms with van der Waals surface area (Å²) in [6.45, 7) is 4.47. The second-order valence-electron chi connectivity index (χ2n) is 7.28. The zero-order valence-corrected chi connectivity index (χ0v) is 16.2. The van der Waals surface area contributed by atoms with E-state index in [0.29, 0.717) is 25.1 Å². The third-order valence-electron chi connectivity index (χ3n) is 4.64. The number of hydrogen-bond acceptors (Lipinski definition) is 5. The van der Waals surface area contributed by atoms with Gasteiger partial charge in [-0.3, -0.25) is 9.59 Å². The number of Topliss-reactive ketones (excluding diaryl/α,β-unsaturated/α-hetero) is 1. The van der Waals surface area contributed by atoms with Crippen molar-refractivity contribution < 1.29 is 24.0 Å². The van der Waals surface area contributed by atoms with Crippen molar-refractivity contribution in [2.45, 2.75) is 51.5 Å². The summed E-state index contributed by atoms with van der Waals surface area (Å²) in [4.78, 5) is 26.3. The van der Waals surface area contributed by atoms with Crippen molar-refractivity contribution in [3.05, 3.63) is 29.0 Å². The number of rotatable bonds is 9. The van der Waals surface area contributed by atoms with Gasteiger partial charge in [0.15, 0.2) is 5.78 Å². The molecule has 1 heterocycles. The van der Waals surface area contributed by atoms with Gasteiger partial charge in [0.25, 0.3) is 0 Å². The van der Waals surface area contributed by atoms with E-state index < -0.39 is 24.8 Å². The Morgan fingerprint density at radius 2 is 2.07 bits per heavy atom. The SMILES string of the molecule is CC(C)CC(NC(=O)CCC(=O)C1CCN1c1ccc(F)cc1Cl)B(O)O. The summed E-state index contributed by atoms with van der Waals surface area (Å²) in [6.07, 6.45) is 1.10. The minimum atomic E-state index is -1.64. The maximum Gasteiger partial charge on any atom is 0.475 e. The molecule has 1 saturated heterocycles. The smallest absolute Gasteiger partial charge is 0.426 e. The number of halogens is 2. The Morgan fingerprint density at radius 1 is 1.37 bits per heavy atom. The van der Waals surface area contributed by atoms with Gasteiger partial charge in [-0.05, 0) is 37.0 Å². The van der Waals surface area contributed by atoms with Gasteiger partial charge in [0.05, 0.1) is 22.7 Å². The topological polar surface area (TPSA) is 89.9 Å². The monoisotopic (exact) mass is 398 g/mol. The largest absolute Gasteiger partial charge is 0.475 e. The molecule has 0 saturated carbocycles. The van der Waals surface area contributed by atoms with Gasteiger partial charge in [-0.2, -0.15) is 0 Å². The summed E-state index contributed by atoms with van der Waals surface area (Å²) in [5.74, 6) is -1.51. The Hall–Kier alpha value is -1.64. The highest BCUT2D eigenvalue weighted by molar-refractivity contribution is 6.43. The molecule has 27 heavy (non-hydrogen) atoms. The molecule has 9 heteroatoms. The van der Waals surface area contributed by atoms with Gasteiger partial charge in [0.1, 0.15) is 5.82 Å². The van der Waals surface area contributed by atoms with Crippen molar-refractivity contribution in [3.63, 3.8) is 0 Å². The van der Waals surface area contributed by atoms with Crippen LogP contribution in [0, 0.1) is 11.7 Å². The van der Waals surface area contributed by atoms with Crippen LogP contribution < -0.4 is 10.2 Å². The number of ketones is 1. The highest BCUT2D eigenvalue weighted by Crippen LogP contribution is 2.34. The summed E-state index contributed by atoms with van der Waals surface area (Å²) in [7, 11) is -1.64. The minimum Gasteiger partial charge on any atom is -0.426 e. The third kappa shape index (κ3) is 5.92. The molecule has 2 atom stereocenters. The molecule has 3 N–H and O–H groups in total. The quantitative estimate of drug-likeness (QED) is 0.553. The van der Waals surface area contributed by atoms with Gasteiger partial charge in [-0.25, -0.2) is 4.39 Å². The highest BCUT2D eigenvalue weighted by Gasteiger charge is 2.35. The van der Waals surface area contributed by atoms with Crippen molar-refractivity contribution in [2.24, 2.45) is 5.92 Å². The van der Waals surface area contributed by atoms with Crippen LogP contribution in [0.1, 0.15) is 39.5 Å². The molecule has 1 aromatic rings. The van der Waals surface area contributed by atoms with Crippen LogP contribution in [0.15, 0.2) is 18.2 Å². The van der Waals surface area contributed by atoms with E-state index in [9.17, 15) is 24.0 Å². The molecular weight excluding hydrogens is 373 g/mol. The molecule has 2 rings (SSSR count). The summed E-state index contributed by atoms with van der Waals surface area (Å²) in [6, 6.07) is 3.67. The fraction of sp³-hybridized carbons (Fsp3) is 0.556. The second kappa shape index (κ2) is 9.53. The molecule has 0 radical (unpaired) electrons. The molecule has 0 spiro atoms. The maximum atomic E-state index is 13.2. The number of anilines is 1. The summed E-state index contributed by atoms with van der Waals surface area (Å²) in [5, 5.41) is 21.5. The number of carbonyl (C=O) groups is 2. The molecule has 1 fully saturated rings. The fourth-order valence-electron chi connectivity index (χ4n) is 3.17. The Kier molecular flexibility index (Phi) is 7.64. The number of amides is 1. The number of nitrogens with one attached hydrogen (secondary N) is 1. The second-order valence-corrected chi connectivity index (χ2v) is 7.68. The lowest BCUT2D eigenvalue weighted by Crippen LogP contribution is -2.53. The van der Waals surface area contributed by atoms with Crippen LogP contribution in [0.25, 0.3) is 0 Å². The van der Waals surface area contributed by atoms with E-state index >= 15 is 0 Å². The van der Waals surface area contributed by atoms with E-state index in [2.05, 4.69) is 5.32 Å². The Bertz CT molecular complexity index is 689. The van der Waals surface area contributed by atoms with Gasteiger partial charge >= 0.3 is 7.12 Å². The molecule has 1 aromatic carbocycles. The maximum absolute atomic E-state index is 13.2. The molecule has 148 valence electrons. The van der Waals surface area contributed by atoms with E-state index in [1.807, 2.05) is 13.8 Å². The number of nitrogens with zero attached hydrogens (tertiary/aromatic N) is 1. The lowest BCUT2D eigenvalue weighted by atomic mass is 9.75. The normalized spacial score (nSPS) is 17.4. The average molecular weight is 399 g/mol. The fourth-order valence-corrected chi connectivity index (χ4v) is 3.45. The molecule has 0 aliphatic carbocycles. The van der Waals surface area contributed by atoms with E-state index in [1.54, 1.807) is 11.0 Å². The Balaban J connectivity index is 1.87. The summed E-state index contributed by atoms with van der Waals surface area (Å²) < 4.78 is 13.2. The molecule has 0 aromatic heterocycles. The number of carbonyl (C=O) groups excluding carboxylic acids is 2. The van der Waals surface area contributed by atoms with E-state index in [-0.39, 0.29) is 35.6 Å². The first-order valence-corrected chi connectivity index (χ1v) is 9.46. The lowest BCUT2D eigenvalue weighted by molar-refractivity contribution is -0.126. The van der Waals surface area contributed by atoms with Crippen LogP contribution in [-0.2, 0) is 9.59 Å². The number of benzene rings is 1. The molecule has 1 amide bonds. The average Bonchev–Trinajstić information content (AvgIpc) is 2.53. The van der Waals surface area contributed by atoms with E-state index in [0.717, 1.165) is 0 Å². The van der Waals surface area contributed by atoms with Gasteiger partial charge in [-0.15, -0.1) is 0 Å². The predicted molar refractivity (Wildman–Crippen MR) is 103 cm³/mol. The van der Waals surface area contributed by atoms with Crippen molar-refractivity contribution >= 4 is 36.1 Å². The van der Waals surface area contributed by atoms with Crippen molar-refractivity contribution in [3.8, 4) is 0 Å². The van der Waals surface area contributed by atoms with E-state index in [4.69, 9.17) is 11.6 Å². The minimum absolute atomic E-state index is 0.0262. The van der Waals surface area contributed by atoms with Crippen molar-refractivity contribution in [1.82, 2.24) is 5.32 Å². The van der Waals surface area contributed by atoms with Crippen molar-refractivity contribution in [2.75, 3.05) is 11.4 Å². The van der Waals surface area contributed by atoms with Crippen LogP contribution in [-0.4, -0.2) is 47.4 Å². The molecule has 2 unspecified atom stereocenters. The first kappa shape index (κ1) is 21.7. The summed E-state index contributed by atoms with van der Waals surface area (Å²) in [5.41, 5.74) is 0.604. The van der Waals surface area contributed by atoms with E-state index in [1.165, 1.54) is 12.1 Å². The lowest BCUT2D eigenvalue weighted by Gasteiger charge is -2.42. The zero-order chi connectivity index (χ0) is 20.1. The van der Waals surface area contributed by atoms with Crippen LogP contribution >= 0.6 is 11.6 Å². The standard InChI is InChI=1S/C18H25BClFN2O4/c1-11(2)9-17(19(26)27)22-18(25)6-5-16(24)15-7-8-23(15)14-4-3-12(21)10-13(14)20/h3-4,10-11,15,17,26-27H,5-9H2,1-2H3,(H,22,25). The Labute approximate surface area is 163 Å². The van der Waals surface area contributed by atoms with Crippen LogP contribution in [0.2, 0.25) is 5.02 Å². The first-order chi connectivity index (χ1) is 12.7. The van der Waals surface area contributed by atoms with Gasteiger partial charge in [-0.1, -0.05) is 25.4 Å². The van der Waals surface area contributed by atoms with Crippen molar-refractivity contribution in [1.29, 1.82) is 0 Å². The zero-order valence-electron chi connectivity index (χ0n) is 15.5. The van der Waals surface area contributed by atoms with Gasteiger partial charge < -0.3 is 20.3 Å². The first-order valence-electron chi connectivity index (χ1n) is 9.09. The molecule has 6 nitrogen and oxygen atoms in total. The van der Waals surface area contributed by atoms with Crippen LogP contribution in [0.5, 0.6) is 0 Å². The predicted octanol–water partition coefficient (Wildman–Crippen LogP) is 1.95. The summed E-state index contributed by atoms with van der Waals surface area (Å²) >= 11 is 6.06. The molecule has 1 aliphatic rings. The molecular formula is C18H25BClFN2O4. The van der Waals surface area contributed by atoms with Gasteiger partial charge in [0.2, 0.25) is 5.91 Å². The van der Waals surface area contributed by atoms with Crippen LogP contribution in [0.4, 0.5) is 10.1 Å². The molecule has 1 aliphatic heterocycles.